The molecule has 1 heterocycles. The van der Waals surface area contributed by atoms with Gasteiger partial charge in [0.15, 0.2) is 5.82 Å². The highest BCUT2D eigenvalue weighted by Gasteiger charge is 2.24. The van der Waals surface area contributed by atoms with Crippen LogP contribution in [0.4, 0.5) is 0 Å². The maximum absolute atomic E-state index is 11.1. The summed E-state index contributed by atoms with van der Waals surface area (Å²) >= 11 is 0. The molecule has 2 rings (SSSR count). The van der Waals surface area contributed by atoms with Gasteiger partial charge in [-0.25, -0.2) is 4.68 Å². The van der Waals surface area contributed by atoms with Crippen LogP contribution in [0.1, 0.15) is 34.9 Å². The fraction of sp³-hybridized carbons (Fsp3) is 0.385. The zero-order chi connectivity index (χ0) is 14.0. The van der Waals surface area contributed by atoms with Crippen molar-refractivity contribution in [1.82, 2.24) is 20.2 Å². The third-order valence-electron chi connectivity index (χ3n) is 3.15. The summed E-state index contributed by atoms with van der Waals surface area (Å²) in [6, 6.07) is 5.99. The van der Waals surface area contributed by atoms with E-state index in [1.807, 2.05) is 32.0 Å². The Bertz CT molecular complexity index is 606. The van der Waals surface area contributed by atoms with E-state index in [0.29, 0.717) is 5.82 Å². The Morgan fingerprint density at radius 3 is 2.74 bits per heavy atom. The first-order valence-electron chi connectivity index (χ1n) is 6.00. The number of hydrogen-bond acceptors (Lipinski definition) is 4. The van der Waals surface area contributed by atoms with Gasteiger partial charge in [-0.1, -0.05) is 23.8 Å². The summed E-state index contributed by atoms with van der Waals surface area (Å²) in [5.74, 6) is -0.637. The van der Waals surface area contributed by atoms with E-state index in [-0.39, 0.29) is 12.3 Å². The van der Waals surface area contributed by atoms with Crippen LogP contribution in [0, 0.1) is 13.8 Å². The topological polar surface area (TPSA) is 80.9 Å². The minimum Gasteiger partial charge on any atom is -0.481 e. The highest BCUT2D eigenvalue weighted by atomic mass is 16.4. The van der Waals surface area contributed by atoms with Gasteiger partial charge in [-0.2, -0.15) is 0 Å². The number of aryl methyl sites for hydroxylation is 3. The summed E-state index contributed by atoms with van der Waals surface area (Å²) < 4.78 is 1.52. The van der Waals surface area contributed by atoms with Crippen molar-refractivity contribution in [3.05, 3.63) is 40.7 Å². The van der Waals surface area contributed by atoms with E-state index in [0.717, 1.165) is 16.7 Å². The smallest absolute Gasteiger partial charge is 0.304 e. The van der Waals surface area contributed by atoms with Gasteiger partial charge in [0.1, 0.15) is 0 Å². The van der Waals surface area contributed by atoms with Crippen LogP contribution in [0.3, 0.4) is 0 Å². The molecular weight excluding hydrogens is 244 g/mol. The average molecular weight is 260 g/mol. The quantitative estimate of drug-likeness (QED) is 0.899. The molecule has 0 bridgehead atoms. The minimum atomic E-state index is -0.867. The monoisotopic (exact) mass is 260 g/mol. The van der Waals surface area contributed by atoms with Crippen LogP contribution in [-0.4, -0.2) is 31.3 Å². The van der Waals surface area contributed by atoms with Gasteiger partial charge in [0.05, 0.1) is 12.3 Å². The van der Waals surface area contributed by atoms with Crippen LogP contribution < -0.4 is 0 Å². The number of aliphatic carboxylic acids is 1. The molecule has 0 amide bonds. The van der Waals surface area contributed by atoms with Gasteiger partial charge in [-0.05, 0) is 35.4 Å². The van der Waals surface area contributed by atoms with Crippen LogP contribution in [0.5, 0.6) is 0 Å². The van der Waals surface area contributed by atoms with Crippen LogP contribution >= 0.6 is 0 Å². The van der Waals surface area contributed by atoms with E-state index >= 15 is 0 Å². The molecular formula is C13H16N4O2. The van der Waals surface area contributed by atoms with E-state index in [2.05, 4.69) is 15.5 Å². The van der Waals surface area contributed by atoms with Crippen molar-refractivity contribution in [3.8, 4) is 0 Å². The molecule has 100 valence electrons. The summed E-state index contributed by atoms with van der Waals surface area (Å²) in [5, 5.41) is 20.5. The van der Waals surface area contributed by atoms with E-state index in [9.17, 15) is 4.79 Å². The Hall–Kier alpha value is -2.24. The molecule has 0 aliphatic carbocycles. The molecule has 2 aromatic rings. The molecule has 0 radical (unpaired) electrons. The molecule has 0 aliphatic rings. The predicted molar refractivity (Wildman–Crippen MR) is 68.8 cm³/mol. The molecule has 1 aromatic heterocycles. The second-order valence-electron chi connectivity index (χ2n) is 4.67. The standard InChI is InChI=1S/C13H16N4O2/c1-8-4-5-9(2)10(6-8)11(7-12(18)19)13-14-15-16-17(13)3/h4-6,11H,7H2,1-3H3,(H,18,19). The molecule has 0 saturated carbocycles. The second kappa shape index (κ2) is 5.17. The van der Waals surface area contributed by atoms with Crippen molar-refractivity contribution in [2.75, 3.05) is 0 Å². The summed E-state index contributed by atoms with van der Waals surface area (Å²) in [6.07, 6.45) is -0.0293. The molecule has 1 atom stereocenters. The molecule has 19 heavy (non-hydrogen) atoms. The third-order valence-corrected chi connectivity index (χ3v) is 3.15. The van der Waals surface area contributed by atoms with Gasteiger partial charge in [0.25, 0.3) is 0 Å². The Morgan fingerprint density at radius 2 is 2.16 bits per heavy atom. The lowest BCUT2D eigenvalue weighted by Crippen LogP contribution is -2.14. The molecule has 1 aromatic carbocycles. The van der Waals surface area contributed by atoms with Crippen molar-refractivity contribution >= 4 is 5.97 Å². The fourth-order valence-corrected chi connectivity index (χ4v) is 2.18. The molecule has 0 fully saturated rings. The fourth-order valence-electron chi connectivity index (χ4n) is 2.18. The number of carbonyl (C=O) groups is 1. The third kappa shape index (κ3) is 2.78. The molecule has 0 spiro atoms. The largest absolute Gasteiger partial charge is 0.481 e. The van der Waals surface area contributed by atoms with Crippen LogP contribution in [0.15, 0.2) is 18.2 Å². The highest BCUT2D eigenvalue weighted by molar-refractivity contribution is 5.69. The number of benzene rings is 1. The highest BCUT2D eigenvalue weighted by Crippen LogP contribution is 2.29. The maximum Gasteiger partial charge on any atom is 0.304 e. The van der Waals surface area contributed by atoms with Crippen molar-refractivity contribution in [2.45, 2.75) is 26.2 Å². The zero-order valence-corrected chi connectivity index (χ0v) is 11.2. The Balaban J connectivity index is 2.52. The Kier molecular flexibility index (Phi) is 3.59. The SMILES string of the molecule is Cc1ccc(C)c(C(CC(=O)O)c2nnnn2C)c1. The van der Waals surface area contributed by atoms with Gasteiger partial charge < -0.3 is 5.11 Å². The lowest BCUT2D eigenvalue weighted by atomic mass is 9.90. The number of carboxylic acids is 1. The molecule has 6 nitrogen and oxygen atoms in total. The summed E-state index contributed by atoms with van der Waals surface area (Å²) in [7, 11) is 1.72. The predicted octanol–water partition coefficient (Wildman–Crippen LogP) is 1.43. The number of carboxylic acid groups (broad SMARTS) is 1. The lowest BCUT2D eigenvalue weighted by Gasteiger charge is -2.16. The first-order valence-corrected chi connectivity index (χ1v) is 6.00. The van der Waals surface area contributed by atoms with Gasteiger partial charge >= 0.3 is 5.97 Å². The summed E-state index contributed by atoms with van der Waals surface area (Å²) in [4.78, 5) is 11.1. The van der Waals surface area contributed by atoms with Gasteiger partial charge in [-0.3, -0.25) is 4.79 Å². The molecule has 6 heteroatoms. The van der Waals surface area contributed by atoms with Crippen LogP contribution in [0.25, 0.3) is 0 Å². The Labute approximate surface area is 111 Å². The van der Waals surface area contributed by atoms with Crippen molar-refractivity contribution in [2.24, 2.45) is 7.05 Å². The lowest BCUT2D eigenvalue weighted by molar-refractivity contribution is -0.137. The van der Waals surface area contributed by atoms with Gasteiger partial charge in [0, 0.05) is 7.05 Å². The number of rotatable bonds is 4. The van der Waals surface area contributed by atoms with Gasteiger partial charge in [-0.15, -0.1) is 5.10 Å². The zero-order valence-electron chi connectivity index (χ0n) is 11.2. The van der Waals surface area contributed by atoms with Crippen LogP contribution in [0.2, 0.25) is 0 Å². The van der Waals surface area contributed by atoms with Crippen LogP contribution in [-0.2, 0) is 11.8 Å². The van der Waals surface area contributed by atoms with Crippen molar-refractivity contribution < 1.29 is 9.90 Å². The first-order chi connectivity index (χ1) is 8.99. The number of aromatic nitrogens is 4. The number of tetrazole rings is 1. The van der Waals surface area contributed by atoms with E-state index in [1.54, 1.807) is 7.05 Å². The molecule has 0 aliphatic heterocycles. The van der Waals surface area contributed by atoms with E-state index in [1.165, 1.54) is 4.68 Å². The second-order valence-corrected chi connectivity index (χ2v) is 4.67. The summed E-state index contributed by atoms with van der Waals surface area (Å²) in [6.45, 7) is 3.95. The minimum absolute atomic E-state index is 0.0293. The van der Waals surface area contributed by atoms with Crippen molar-refractivity contribution in [1.29, 1.82) is 0 Å². The maximum atomic E-state index is 11.1. The average Bonchev–Trinajstić information content (AvgIpc) is 2.75. The number of nitrogens with zero attached hydrogens (tertiary/aromatic N) is 4. The Morgan fingerprint density at radius 1 is 1.42 bits per heavy atom. The van der Waals surface area contributed by atoms with E-state index < -0.39 is 5.97 Å². The molecule has 1 N–H and O–H groups in total. The van der Waals surface area contributed by atoms with Crippen molar-refractivity contribution in [3.63, 3.8) is 0 Å². The first kappa shape index (κ1) is 13.2. The molecule has 1 unspecified atom stereocenters. The number of hydrogen-bond donors (Lipinski definition) is 1. The normalized spacial score (nSPS) is 12.4. The molecule has 0 saturated heterocycles. The van der Waals surface area contributed by atoms with E-state index in [4.69, 9.17) is 5.11 Å². The van der Waals surface area contributed by atoms with Gasteiger partial charge in [0.2, 0.25) is 0 Å². The summed E-state index contributed by atoms with van der Waals surface area (Å²) in [5.41, 5.74) is 3.09.